The van der Waals surface area contributed by atoms with Crippen LogP contribution in [0, 0.1) is 0 Å². The summed E-state index contributed by atoms with van der Waals surface area (Å²) in [6.07, 6.45) is 4.54. The van der Waals surface area contributed by atoms with E-state index in [0.717, 1.165) is 11.8 Å². The van der Waals surface area contributed by atoms with Gasteiger partial charge in [0.15, 0.2) is 9.84 Å². The molecule has 11 heteroatoms. The highest BCUT2D eigenvalue weighted by molar-refractivity contribution is 7.90. The summed E-state index contributed by atoms with van der Waals surface area (Å²) in [4.78, 5) is 17.2. The Morgan fingerprint density at radius 3 is 2.47 bits per heavy atom. The van der Waals surface area contributed by atoms with Gasteiger partial charge < -0.3 is 9.73 Å². The normalized spacial score (nSPS) is 12.0. The third-order valence-electron chi connectivity index (χ3n) is 4.89. The fraction of sp³-hybridized carbons (Fsp3) is 0.261. The molecular formula is C23H24N6O4S. The van der Waals surface area contributed by atoms with Gasteiger partial charge in [-0.1, -0.05) is 26.8 Å². The van der Waals surface area contributed by atoms with Gasteiger partial charge in [-0.25, -0.2) is 18.1 Å². The van der Waals surface area contributed by atoms with Gasteiger partial charge in [-0.05, 0) is 36.4 Å². The smallest absolute Gasteiger partial charge is 0.270 e. The molecule has 1 N–H and O–H groups in total. The van der Waals surface area contributed by atoms with Gasteiger partial charge in [0.2, 0.25) is 5.89 Å². The van der Waals surface area contributed by atoms with Crippen molar-refractivity contribution >= 4 is 15.7 Å². The summed E-state index contributed by atoms with van der Waals surface area (Å²) >= 11 is 0. The predicted octanol–water partition coefficient (Wildman–Crippen LogP) is 2.95. The molecule has 0 saturated heterocycles. The van der Waals surface area contributed by atoms with Crippen LogP contribution in [0.5, 0.6) is 0 Å². The van der Waals surface area contributed by atoms with E-state index in [2.05, 4.69) is 25.6 Å². The van der Waals surface area contributed by atoms with Crippen molar-refractivity contribution < 1.29 is 17.6 Å². The number of sulfone groups is 1. The lowest BCUT2D eigenvalue weighted by atomic mass is 9.97. The van der Waals surface area contributed by atoms with E-state index in [1.165, 1.54) is 12.1 Å². The van der Waals surface area contributed by atoms with E-state index in [1.54, 1.807) is 47.4 Å². The van der Waals surface area contributed by atoms with Gasteiger partial charge >= 0.3 is 0 Å². The Kier molecular flexibility index (Phi) is 6.05. The maximum atomic E-state index is 12.6. The van der Waals surface area contributed by atoms with Crippen molar-refractivity contribution in [2.75, 3.05) is 6.26 Å². The lowest BCUT2D eigenvalue weighted by molar-refractivity contribution is 0.0946. The summed E-state index contributed by atoms with van der Waals surface area (Å²) in [5.74, 6) is 0.382. The quantitative estimate of drug-likeness (QED) is 0.445. The predicted molar refractivity (Wildman–Crippen MR) is 124 cm³/mol. The first-order chi connectivity index (χ1) is 16.0. The number of pyridine rings is 1. The molecule has 0 atom stereocenters. The minimum Gasteiger partial charge on any atom is -0.419 e. The second kappa shape index (κ2) is 8.82. The van der Waals surface area contributed by atoms with Gasteiger partial charge in [0, 0.05) is 30.0 Å². The zero-order chi connectivity index (χ0) is 24.5. The van der Waals surface area contributed by atoms with Crippen LogP contribution in [0.2, 0.25) is 0 Å². The number of carbonyl (C=O) groups excluding carboxylic acids is 1. The molecule has 1 amide bonds. The number of aromatic nitrogens is 5. The Hall–Kier alpha value is -3.86. The Morgan fingerprint density at radius 2 is 1.82 bits per heavy atom. The fourth-order valence-corrected chi connectivity index (χ4v) is 3.65. The van der Waals surface area contributed by atoms with Gasteiger partial charge in [-0.2, -0.15) is 5.10 Å². The maximum absolute atomic E-state index is 12.6. The number of carbonyl (C=O) groups is 1. The lowest BCUT2D eigenvalue weighted by Gasteiger charge is -2.10. The number of hydrogen-bond acceptors (Lipinski definition) is 8. The Morgan fingerprint density at radius 1 is 1.09 bits per heavy atom. The van der Waals surface area contributed by atoms with Crippen LogP contribution in [-0.2, 0) is 21.8 Å². The van der Waals surface area contributed by atoms with Crippen LogP contribution in [-0.4, -0.2) is 45.5 Å². The van der Waals surface area contributed by atoms with Crippen molar-refractivity contribution in [2.24, 2.45) is 0 Å². The minimum absolute atomic E-state index is 0.219. The standard InChI is InChI=1S/C23H24N6O4S/c1-23(2,3)22-28-27-21(33-22)19-7-5-6-18(26-19)20(30)24-12-15-13-25-29(14-15)16-8-10-17(11-9-16)34(4,31)32/h5-11,13-14H,12H2,1-4H3,(H,24,30). The maximum Gasteiger partial charge on any atom is 0.270 e. The number of rotatable bonds is 6. The first-order valence-electron chi connectivity index (χ1n) is 10.4. The molecule has 0 saturated carbocycles. The summed E-state index contributed by atoms with van der Waals surface area (Å²) < 4.78 is 30.5. The van der Waals surface area contributed by atoms with Crippen LogP contribution in [0.4, 0.5) is 0 Å². The van der Waals surface area contributed by atoms with Gasteiger partial charge in [0.25, 0.3) is 11.8 Å². The second-order valence-electron chi connectivity index (χ2n) is 8.81. The van der Waals surface area contributed by atoms with E-state index in [0.29, 0.717) is 17.3 Å². The molecular weight excluding hydrogens is 456 g/mol. The van der Waals surface area contributed by atoms with Gasteiger partial charge in [0.1, 0.15) is 11.4 Å². The summed E-state index contributed by atoms with van der Waals surface area (Å²) in [6, 6.07) is 11.4. The molecule has 0 spiro atoms. The van der Waals surface area contributed by atoms with Crippen molar-refractivity contribution in [3.8, 4) is 17.3 Å². The van der Waals surface area contributed by atoms with Gasteiger partial charge in [-0.3, -0.25) is 4.79 Å². The van der Waals surface area contributed by atoms with E-state index in [4.69, 9.17) is 4.42 Å². The van der Waals surface area contributed by atoms with Crippen molar-refractivity contribution in [1.29, 1.82) is 0 Å². The molecule has 3 aromatic heterocycles. The molecule has 0 fully saturated rings. The van der Waals surface area contributed by atoms with E-state index in [1.807, 2.05) is 20.8 Å². The molecule has 34 heavy (non-hydrogen) atoms. The number of hydrogen-bond donors (Lipinski definition) is 1. The minimum atomic E-state index is -3.26. The van der Waals surface area contributed by atoms with E-state index in [-0.39, 0.29) is 34.3 Å². The molecule has 0 aliphatic rings. The van der Waals surface area contributed by atoms with Crippen LogP contribution in [0.25, 0.3) is 17.3 Å². The third kappa shape index (κ3) is 5.20. The summed E-state index contributed by atoms with van der Waals surface area (Å²) in [5, 5.41) is 15.2. The van der Waals surface area contributed by atoms with Crippen LogP contribution >= 0.6 is 0 Å². The average molecular weight is 481 g/mol. The fourth-order valence-electron chi connectivity index (χ4n) is 3.02. The van der Waals surface area contributed by atoms with Gasteiger partial charge in [-0.15, -0.1) is 10.2 Å². The van der Waals surface area contributed by atoms with Crippen LogP contribution in [0.1, 0.15) is 42.7 Å². The lowest BCUT2D eigenvalue weighted by Crippen LogP contribution is -2.23. The number of benzene rings is 1. The van der Waals surface area contributed by atoms with Crippen molar-refractivity contribution in [3.63, 3.8) is 0 Å². The zero-order valence-corrected chi connectivity index (χ0v) is 20.0. The van der Waals surface area contributed by atoms with E-state index in [9.17, 15) is 13.2 Å². The summed E-state index contributed by atoms with van der Waals surface area (Å²) in [6.45, 7) is 6.14. The third-order valence-corrected chi connectivity index (χ3v) is 6.01. The highest BCUT2D eigenvalue weighted by Crippen LogP contribution is 2.24. The molecule has 3 heterocycles. The first-order valence-corrected chi connectivity index (χ1v) is 12.3. The molecule has 0 bridgehead atoms. The molecule has 4 rings (SSSR count). The van der Waals surface area contributed by atoms with Crippen LogP contribution < -0.4 is 5.32 Å². The molecule has 0 unspecified atom stereocenters. The van der Waals surface area contributed by atoms with E-state index < -0.39 is 9.84 Å². The molecule has 176 valence electrons. The Balaban J connectivity index is 1.42. The molecule has 1 aromatic carbocycles. The number of nitrogens with one attached hydrogen (secondary N) is 1. The number of amides is 1. The van der Waals surface area contributed by atoms with Crippen LogP contribution in [0.3, 0.4) is 0 Å². The highest BCUT2D eigenvalue weighted by atomic mass is 32.2. The Labute approximate surface area is 197 Å². The van der Waals surface area contributed by atoms with Crippen LogP contribution in [0.15, 0.2) is 64.2 Å². The summed E-state index contributed by atoms with van der Waals surface area (Å²) in [7, 11) is -3.26. The topological polar surface area (TPSA) is 133 Å². The number of nitrogens with zero attached hydrogens (tertiary/aromatic N) is 5. The SMILES string of the molecule is CC(C)(C)c1nnc(-c2cccc(C(=O)NCc3cnn(-c4ccc(S(C)(=O)=O)cc4)c3)n2)o1. The second-order valence-corrected chi connectivity index (χ2v) is 10.8. The molecule has 0 aliphatic carbocycles. The monoisotopic (exact) mass is 480 g/mol. The molecule has 4 aromatic rings. The summed E-state index contributed by atoms with van der Waals surface area (Å²) in [5.41, 5.74) is 1.81. The van der Waals surface area contributed by atoms with Gasteiger partial charge in [0.05, 0.1) is 16.8 Å². The molecule has 10 nitrogen and oxygen atoms in total. The van der Waals surface area contributed by atoms with E-state index >= 15 is 0 Å². The molecule has 0 aliphatic heterocycles. The van der Waals surface area contributed by atoms with Crippen molar-refractivity contribution in [3.05, 3.63) is 72.0 Å². The zero-order valence-electron chi connectivity index (χ0n) is 19.2. The average Bonchev–Trinajstić information content (AvgIpc) is 3.47. The largest absolute Gasteiger partial charge is 0.419 e. The van der Waals surface area contributed by atoms with Crippen molar-refractivity contribution in [2.45, 2.75) is 37.6 Å². The first kappa shape index (κ1) is 23.3. The molecule has 0 radical (unpaired) electrons. The Bertz CT molecular complexity index is 1430. The van der Waals surface area contributed by atoms with Crippen molar-refractivity contribution in [1.82, 2.24) is 30.3 Å². The highest BCUT2D eigenvalue weighted by Gasteiger charge is 2.22.